The molecular weight excluding hydrogens is 276 g/mol. The fraction of sp³-hybridized carbons (Fsp3) is 0.125. The van der Waals surface area contributed by atoms with Gasteiger partial charge in [0.25, 0.3) is 0 Å². The van der Waals surface area contributed by atoms with Crippen LogP contribution in [-0.2, 0) is 5.60 Å². The molecule has 0 saturated heterocycles. The van der Waals surface area contributed by atoms with Gasteiger partial charge >= 0.3 is 0 Å². The zero-order valence-corrected chi connectivity index (χ0v) is 12.0. The lowest BCUT2D eigenvalue weighted by atomic mass is 9.88. The molecule has 1 atom stereocenters. The van der Waals surface area contributed by atoms with E-state index in [4.69, 9.17) is 11.6 Å². The molecule has 2 aromatic carbocycles. The number of thiophene rings is 1. The predicted molar refractivity (Wildman–Crippen MR) is 81.9 cm³/mol. The van der Waals surface area contributed by atoms with E-state index in [-0.39, 0.29) is 0 Å². The molecule has 19 heavy (non-hydrogen) atoms. The van der Waals surface area contributed by atoms with E-state index >= 15 is 0 Å². The lowest BCUT2D eigenvalue weighted by molar-refractivity contribution is 0.104. The number of hydrogen-bond donors (Lipinski definition) is 1. The van der Waals surface area contributed by atoms with Crippen molar-refractivity contribution >= 4 is 33.0 Å². The van der Waals surface area contributed by atoms with Crippen molar-refractivity contribution in [2.75, 3.05) is 0 Å². The molecule has 3 rings (SSSR count). The molecule has 0 bridgehead atoms. The number of benzene rings is 2. The first-order valence-electron chi connectivity index (χ1n) is 6.04. The lowest BCUT2D eigenvalue weighted by Gasteiger charge is -2.25. The number of aliphatic hydroxyl groups is 1. The summed E-state index contributed by atoms with van der Waals surface area (Å²) in [5.74, 6) is 0. The van der Waals surface area contributed by atoms with Crippen LogP contribution in [0.1, 0.15) is 18.1 Å². The molecule has 96 valence electrons. The largest absolute Gasteiger partial charge is 0.381 e. The molecule has 3 heteroatoms. The van der Waals surface area contributed by atoms with Crippen LogP contribution in [0.25, 0.3) is 10.1 Å². The van der Waals surface area contributed by atoms with Gasteiger partial charge < -0.3 is 5.11 Å². The standard InChI is InChI=1S/C16H13ClOS/c1-16(18,12-5-7-13(17)8-6-12)14-4-2-3-11-9-10-19-15(11)14/h2-10,18H,1H3. The fourth-order valence-corrected chi connectivity index (χ4v) is 3.45. The first-order valence-corrected chi connectivity index (χ1v) is 7.30. The molecule has 1 N–H and O–H groups in total. The lowest BCUT2D eigenvalue weighted by Crippen LogP contribution is -2.22. The molecule has 0 spiro atoms. The van der Waals surface area contributed by atoms with Crippen LogP contribution in [0.5, 0.6) is 0 Å². The summed E-state index contributed by atoms with van der Waals surface area (Å²) in [6.07, 6.45) is 0. The van der Waals surface area contributed by atoms with Crippen molar-refractivity contribution in [3.8, 4) is 0 Å². The van der Waals surface area contributed by atoms with E-state index in [0.29, 0.717) is 5.02 Å². The molecule has 1 aromatic heterocycles. The molecule has 0 saturated carbocycles. The normalized spacial score (nSPS) is 14.5. The topological polar surface area (TPSA) is 20.2 Å². The highest BCUT2D eigenvalue weighted by atomic mass is 35.5. The summed E-state index contributed by atoms with van der Waals surface area (Å²) in [5, 5.41) is 14.8. The molecule has 0 fully saturated rings. The van der Waals surface area contributed by atoms with Crippen LogP contribution in [0, 0.1) is 0 Å². The van der Waals surface area contributed by atoms with Crippen molar-refractivity contribution in [1.29, 1.82) is 0 Å². The monoisotopic (exact) mass is 288 g/mol. The third-order valence-electron chi connectivity index (χ3n) is 3.41. The van der Waals surface area contributed by atoms with E-state index in [1.54, 1.807) is 23.5 Å². The van der Waals surface area contributed by atoms with E-state index in [2.05, 4.69) is 12.1 Å². The van der Waals surface area contributed by atoms with Gasteiger partial charge in [-0.05, 0) is 41.5 Å². The average molecular weight is 289 g/mol. The number of hydrogen-bond acceptors (Lipinski definition) is 2. The van der Waals surface area contributed by atoms with Crippen molar-refractivity contribution in [3.05, 3.63) is 70.1 Å². The van der Waals surface area contributed by atoms with E-state index < -0.39 is 5.60 Å². The van der Waals surface area contributed by atoms with Crippen molar-refractivity contribution in [2.45, 2.75) is 12.5 Å². The molecule has 0 aliphatic heterocycles. The third kappa shape index (κ3) is 2.16. The van der Waals surface area contributed by atoms with Gasteiger partial charge in [-0.2, -0.15) is 0 Å². The summed E-state index contributed by atoms with van der Waals surface area (Å²) < 4.78 is 1.13. The van der Waals surface area contributed by atoms with Gasteiger partial charge in [0, 0.05) is 15.3 Å². The molecular formula is C16H13ClOS. The molecule has 0 aliphatic rings. The molecule has 1 heterocycles. The van der Waals surface area contributed by atoms with Gasteiger partial charge in [0.1, 0.15) is 5.60 Å². The second kappa shape index (κ2) is 4.64. The Kier molecular flexibility index (Phi) is 3.09. The summed E-state index contributed by atoms with van der Waals surface area (Å²) in [6.45, 7) is 1.82. The minimum Gasteiger partial charge on any atom is -0.381 e. The van der Waals surface area contributed by atoms with Gasteiger partial charge in [0.15, 0.2) is 0 Å². The number of fused-ring (bicyclic) bond motifs is 1. The van der Waals surface area contributed by atoms with Crippen LogP contribution < -0.4 is 0 Å². The smallest absolute Gasteiger partial charge is 0.113 e. The number of rotatable bonds is 2. The Bertz CT molecular complexity index is 713. The molecule has 1 nitrogen and oxygen atoms in total. The van der Waals surface area contributed by atoms with Gasteiger partial charge in [-0.3, -0.25) is 0 Å². The minimum absolute atomic E-state index is 0.675. The summed E-state index contributed by atoms with van der Waals surface area (Å²) >= 11 is 7.56. The summed E-state index contributed by atoms with van der Waals surface area (Å²) in [4.78, 5) is 0. The van der Waals surface area contributed by atoms with Crippen molar-refractivity contribution in [3.63, 3.8) is 0 Å². The molecule has 0 amide bonds. The first-order chi connectivity index (χ1) is 9.09. The van der Waals surface area contributed by atoms with E-state index in [0.717, 1.165) is 21.2 Å². The summed E-state index contributed by atoms with van der Waals surface area (Å²) in [6, 6.07) is 15.4. The van der Waals surface area contributed by atoms with Crippen molar-refractivity contribution in [2.24, 2.45) is 0 Å². The van der Waals surface area contributed by atoms with Crippen LogP contribution >= 0.6 is 22.9 Å². The zero-order chi connectivity index (χ0) is 13.5. The van der Waals surface area contributed by atoms with Gasteiger partial charge in [-0.25, -0.2) is 0 Å². The van der Waals surface area contributed by atoms with Gasteiger partial charge in [0.2, 0.25) is 0 Å². The Morgan fingerprint density at radius 1 is 1.05 bits per heavy atom. The summed E-state index contributed by atoms with van der Waals surface area (Å²) in [5.41, 5.74) is 0.759. The van der Waals surface area contributed by atoms with Gasteiger partial charge in [-0.1, -0.05) is 41.9 Å². The Hall–Kier alpha value is -1.35. The van der Waals surface area contributed by atoms with Crippen molar-refractivity contribution in [1.82, 2.24) is 0 Å². The van der Waals surface area contributed by atoms with Gasteiger partial charge in [-0.15, -0.1) is 11.3 Å². The minimum atomic E-state index is -1.02. The maximum absolute atomic E-state index is 10.9. The Balaban J connectivity index is 2.18. The number of halogens is 1. The highest BCUT2D eigenvalue weighted by Gasteiger charge is 2.27. The van der Waals surface area contributed by atoms with E-state index in [9.17, 15) is 5.11 Å². The van der Waals surface area contributed by atoms with Crippen LogP contribution in [0.2, 0.25) is 5.02 Å². The quantitative estimate of drug-likeness (QED) is 0.717. The first kappa shape index (κ1) is 12.7. The fourth-order valence-electron chi connectivity index (χ4n) is 2.31. The van der Waals surface area contributed by atoms with E-state index in [1.807, 2.05) is 36.6 Å². The van der Waals surface area contributed by atoms with Crippen LogP contribution in [0.4, 0.5) is 0 Å². The van der Waals surface area contributed by atoms with Gasteiger partial charge in [0.05, 0.1) is 0 Å². The average Bonchev–Trinajstić information content (AvgIpc) is 2.87. The second-order valence-corrected chi connectivity index (χ2v) is 6.08. The highest BCUT2D eigenvalue weighted by molar-refractivity contribution is 7.17. The van der Waals surface area contributed by atoms with Crippen LogP contribution in [0.15, 0.2) is 53.9 Å². The Morgan fingerprint density at radius 3 is 2.53 bits per heavy atom. The highest BCUT2D eigenvalue weighted by Crippen LogP contribution is 2.36. The second-order valence-electron chi connectivity index (χ2n) is 4.72. The Labute approximate surface area is 121 Å². The molecule has 0 aliphatic carbocycles. The SMILES string of the molecule is CC(O)(c1ccc(Cl)cc1)c1cccc2ccsc12. The maximum Gasteiger partial charge on any atom is 0.113 e. The predicted octanol–water partition coefficient (Wildman–Crippen LogP) is 4.81. The molecule has 3 aromatic rings. The zero-order valence-electron chi connectivity index (χ0n) is 10.4. The van der Waals surface area contributed by atoms with Crippen LogP contribution in [0.3, 0.4) is 0 Å². The van der Waals surface area contributed by atoms with E-state index in [1.165, 1.54) is 0 Å². The maximum atomic E-state index is 10.9. The van der Waals surface area contributed by atoms with Crippen molar-refractivity contribution < 1.29 is 5.11 Å². The molecule has 1 unspecified atom stereocenters. The Morgan fingerprint density at radius 2 is 1.79 bits per heavy atom. The van der Waals surface area contributed by atoms with Crippen LogP contribution in [-0.4, -0.2) is 5.11 Å². The molecule has 0 radical (unpaired) electrons. The third-order valence-corrected chi connectivity index (χ3v) is 4.63. The summed E-state index contributed by atoms with van der Waals surface area (Å²) in [7, 11) is 0.